The van der Waals surface area contributed by atoms with E-state index in [1.165, 1.54) is 11.3 Å². The predicted octanol–water partition coefficient (Wildman–Crippen LogP) is 2.74. The summed E-state index contributed by atoms with van der Waals surface area (Å²) in [5, 5.41) is 22.8. The highest BCUT2D eigenvalue weighted by Crippen LogP contribution is 2.35. The number of amides is 2. The lowest BCUT2D eigenvalue weighted by atomic mass is 10.0. The number of nitrogens with one attached hydrogen (secondary N) is 3. The molecule has 2 heterocycles. The fourth-order valence-electron chi connectivity index (χ4n) is 3.53. The Bertz CT molecular complexity index is 848. The lowest BCUT2D eigenvalue weighted by molar-refractivity contribution is -0.115. The zero-order chi connectivity index (χ0) is 21.5. The maximum Gasteiger partial charge on any atom is 0.407 e. The molecule has 1 fully saturated rings. The van der Waals surface area contributed by atoms with Crippen molar-refractivity contribution in [3.8, 4) is 0 Å². The Morgan fingerprint density at radius 1 is 1.43 bits per heavy atom. The molecule has 164 valence electrons. The van der Waals surface area contributed by atoms with E-state index in [1.54, 1.807) is 6.20 Å². The highest BCUT2D eigenvalue weighted by molar-refractivity contribution is 7.11. The Morgan fingerprint density at radius 2 is 2.27 bits per heavy atom. The van der Waals surface area contributed by atoms with Crippen molar-refractivity contribution < 1.29 is 19.4 Å². The smallest absolute Gasteiger partial charge is 0.407 e. The zero-order valence-electron chi connectivity index (χ0n) is 17.3. The largest absolute Gasteiger partial charge is 0.446 e. The van der Waals surface area contributed by atoms with Gasteiger partial charge in [-0.25, -0.2) is 9.78 Å². The van der Waals surface area contributed by atoms with Crippen molar-refractivity contribution in [1.29, 1.82) is 0 Å². The molecule has 0 aliphatic heterocycles. The van der Waals surface area contributed by atoms with Crippen LogP contribution in [0.15, 0.2) is 12.3 Å². The first kappa shape index (κ1) is 22.2. The van der Waals surface area contributed by atoms with Gasteiger partial charge in [0.1, 0.15) is 6.10 Å². The number of aliphatic hydroxyl groups is 1. The predicted molar refractivity (Wildman–Crippen MR) is 114 cm³/mol. The first-order chi connectivity index (χ1) is 14.5. The molecule has 0 aromatic carbocycles. The highest BCUT2D eigenvalue weighted by atomic mass is 32.1. The van der Waals surface area contributed by atoms with E-state index in [0.717, 1.165) is 34.8 Å². The molecule has 0 radical (unpaired) electrons. The molecular weight excluding hydrogens is 406 g/mol. The number of aromatic nitrogens is 3. The number of thiazole rings is 1. The van der Waals surface area contributed by atoms with Crippen molar-refractivity contribution in [2.45, 2.75) is 58.0 Å². The summed E-state index contributed by atoms with van der Waals surface area (Å²) >= 11 is 1.51. The quantitative estimate of drug-likeness (QED) is 0.479. The Labute approximate surface area is 179 Å². The molecule has 0 bridgehead atoms. The van der Waals surface area contributed by atoms with Crippen LogP contribution in [0.2, 0.25) is 0 Å². The summed E-state index contributed by atoms with van der Waals surface area (Å²) in [6.07, 6.45) is 4.56. The van der Waals surface area contributed by atoms with E-state index >= 15 is 0 Å². The van der Waals surface area contributed by atoms with Gasteiger partial charge in [-0.3, -0.25) is 9.89 Å². The summed E-state index contributed by atoms with van der Waals surface area (Å²) in [5.74, 6) is 0.612. The fraction of sp³-hybridized carbons (Fsp3) is 0.600. The molecule has 2 amide bonds. The number of carbonyl (C=O) groups is 2. The van der Waals surface area contributed by atoms with E-state index in [9.17, 15) is 14.7 Å². The van der Waals surface area contributed by atoms with Crippen LogP contribution < -0.4 is 10.6 Å². The highest BCUT2D eigenvalue weighted by Gasteiger charge is 2.30. The molecule has 9 nitrogen and oxygen atoms in total. The van der Waals surface area contributed by atoms with E-state index < -0.39 is 6.09 Å². The normalized spacial score (nSPS) is 19.4. The molecule has 2 unspecified atom stereocenters. The third-order valence-electron chi connectivity index (χ3n) is 5.34. The molecule has 4 N–H and O–H groups in total. The van der Waals surface area contributed by atoms with Crippen LogP contribution in [-0.2, 0) is 16.0 Å². The Morgan fingerprint density at radius 3 is 2.97 bits per heavy atom. The van der Waals surface area contributed by atoms with Crippen LogP contribution in [0.1, 0.15) is 54.1 Å². The van der Waals surface area contributed by atoms with E-state index in [0.29, 0.717) is 18.8 Å². The molecule has 3 rings (SSSR count). The number of carbonyl (C=O) groups excluding carboxylic acids is 2. The van der Waals surface area contributed by atoms with E-state index in [1.807, 2.05) is 19.9 Å². The second kappa shape index (κ2) is 10.5. The first-order valence-electron chi connectivity index (χ1n) is 10.3. The minimum Gasteiger partial charge on any atom is -0.446 e. The van der Waals surface area contributed by atoms with E-state index in [2.05, 4.69) is 25.8 Å². The van der Waals surface area contributed by atoms with Crippen molar-refractivity contribution in [3.05, 3.63) is 27.8 Å². The van der Waals surface area contributed by atoms with Crippen molar-refractivity contribution in [2.75, 3.05) is 18.5 Å². The van der Waals surface area contributed by atoms with Gasteiger partial charge in [-0.05, 0) is 38.5 Å². The van der Waals surface area contributed by atoms with Crippen LogP contribution in [-0.4, -0.2) is 51.5 Å². The molecule has 10 heteroatoms. The molecule has 1 aliphatic rings. The number of nitrogens with zero attached hydrogens (tertiary/aromatic N) is 2. The first-order valence-corrected chi connectivity index (χ1v) is 11.1. The second-order valence-corrected chi connectivity index (χ2v) is 8.97. The fourth-order valence-corrected chi connectivity index (χ4v) is 4.32. The number of H-pyrrole nitrogens is 1. The number of alkyl carbamates (subject to hydrolysis) is 1. The summed E-state index contributed by atoms with van der Waals surface area (Å²) in [6.45, 7) is 4.33. The number of aromatic amines is 1. The molecule has 0 saturated heterocycles. The van der Waals surface area contributed by atoms with Crippen LogP contribution >= 0.6 is 11.3 Å². The third-order valence-corrected chi connectivity index (χ3v) is 6.25. The maximum absolute atomic E-state index is 12.2. The van der Waals surface area contributed by atoms with Crippen molar-refractivity contribution in [1.82, 2.24) is 20.5 Å². The van der Waals surface area contributed by atoms with Gasteiger partial charge in [-0.2, -0.15) is 5.10 Å². The SMILES string of the molecule is CCC(CO)CNC(=O)OC1CC[C@H](c2cc(NC(=O)Cc3cnc(C)s3)n[nH]2)C1. The van der Waals surface area contributed by atoms with Crippen LogP contribution in [0, 0.1) is 12.8 Å². The van der Waals surface area contributed by atoms with Crippen LogP contribution in [0.3, 0.4) is 0 Å². The number of ether oxygens (including phenoxy) is 1. The summed E-state index contributed by atoms with van der Waals surface area (Å²) < 4.78 is 5.50. The average Bonchev–Trinajstić information content (AvgIpc) is 3.44. The number of hydrogen-bond acceptors (Lipinski definition) is 7. The lowest BCUT2D eigenvalue weighted by Gasteiger charge is -2.16. The molecule has 2 aromatic rings. The van der Waals surface area contributed by atoms with Gasteiger partial charge in [0, 0.05) is 41.9 Å². The molecule has 1 aliphatic carbocycles. The van der Waals surface area contributed by atoms with Crippen molar-refractivity contribution >= 4 is 29.2 Å². The number of anilines is 1. The van der Waals surface area contributed by atoms with Crippen LogP contribution in [0.25, 0.3) is 0 Å². The molecular formula is C20H29N5O4S. The molecule has 0 spiro atoms. The summed E-state index contributed by atoms with van der Waals surface area (Å²) in [7, 11) is 0. The Kier molecular flexibility index (Phi) is 7.81. The van der Waals surface area contributed by atoms with E-state index in [-0.39, 0.29) is 36.9 Å². The van der Waals surface area contributed by atoms with Crippen LogP contribution in [0.5, 0.6) is 0 Å². The minimum absolute atomic E-state index is 0.0465. The van der Waals surface area contributed by atoms with Crippen molar-refractivity contribution in [3.63, 3.8) is 0 Å². The van der Waals surface area contributed by atoms with Gasteiger partial charge in [0.2, 0.25) is 5.91 Å². The van der Waals surface area contributed by atoms with Gasteiger partial charge < -0.3 is 20.5 Å². The summed E-state index contributed by atoms with van der Waals surface area (Å²) in [4.78, 5) is 29.2. The number of aryl methyl sites for hydroxylation is 1. The van der Waals surface area contributed by atoms with Gasteiger partial charge in [0.15, 0.2) is 5.82 Å². The molecule has 3 atom stereocenters. The Hall–Kier alpha value is -2.46. The molecule has 2 aromatic heterocycles. The molecule has 1 saturated carbocycles. The van der Waals surface area contributed by atoms with Gasteiger partial charge >= 0.3 is 6.09 Å². The number of rotatable bonds is 9. The van der Waals surface area contributed by atoms with Gasteiger partial charge in [-0.1, -0.05) is 6.92 Å². The minimum atomic E-state index is -0.441. The number of aliphatic hydroxyl groups excluding tert-OH is 1. The van der Waals surface area contributed by atoms with Gasteiger partial charge in [-0.15, -0.1) is 11.3 Å². The van der Waals surface area contributed by atoms with Crippen LogP contribution in [0.4, 0.5) is 10.6 Å². The monoisotopic (exact) mass is 435 g/mol. The maximum atomic E-state index is 12.2. The standard InChI is InChI=1S/C20H29N5O4S/c1-3-13(11-26)9-22-20(28)29-15-5-4-14(6-15)17-8-18(25-24-17)23-19(27)7-16-10-21-12(2)30-16/h8,10,13-15,26H,3-7,9,11H2,1-2H3,(H,22,28)(H2,23,24,25,27)/t13?,14-,15?/m0/s1. The number of hydrogen-bond donors (Lipinski definition) is 4. The second-order valence-electron chi connectivity index (χ2n) is 7.65. The summed E-state index contributed by atoms with van der Waals surface area (Å²) in [6, 6.07) is 1.84. The van der Waals surface area contributed by atoms with Crippen molar-refractivity contribution in [2.24, 2.45) is 5.92 Å². The Balaban J connectivity index is 1.43. The lowest BCUT2D eigenvalue weighted by Crippen LogP contribution is -2.33. The van der Waals surface area contributed by atoms with Gasteiger partial charge in [0.05, 0.1) is 11.4 Å². The average molecular weight is 436 g/mol. The third kappa shape index (κ3) is 6.27. The topological polar surface area (TPSA) is 129 Å². The van der Waals surface area contributed by atoms with E-state index in [4.69, 9.17) is 4.74 Å². The van der Waals surface area contributed by atoms with Gasteiger partial charge in [0.25, 0.3) is 0 Å². The molecule has 30 heavy (non-hydrogen) atoms. The zero-order valence-corrected chi connectivity index (χ0v) is 18.1. The summed E-state index contributed by atoms with van der Waals surface area (Å²) in [5.41, 5.74) is 0.928.